The fraction of sp³-hybridized carbons (Fsp3) is 0. The number of phenols is 3. The van der Waals surface area contributed by atoms with Gasteiger partial charge in [0.2, 0.25) is 0 Å². The van der Waals surface area contributed by atoms with E-state index in [4.69, 9.17) is 15.3 Å². The summed E-state index contributed by atoms with van der Waals surface area (Å²) >= 11 is 0. The Balaban J connectivity index is 0.000000267. The van der Waals surface area contributed by atoms with Crippen molar-refractivity contribution in [3.05, 3.63) is 54.6 Å². The Hall–Kier alpha value is -1.87. The second kappa shape index (κ2) is 7.43. The summed E-state index contributed by atoms with van der Waals surface area (Å²) in [5, 5.41) is 25.9. The Bertz CT molecular complexity index is 366. The number of phenolic OH excluding ortho intramolecular Hbond substituents is 3. The van der Waals surface area contributed by atoms with E-state index >= 15 is 0 Å². The number of halogens is 1. The standard InChI is InChI=1S/C6H6O2.C6H6O.ClH/c7-5-1-2-6(8)4-3-5;7-6-4-2-1-3-5-6;/h1-4,7-8H;1-5,7H;1H. The summed E-state index contributed by atoms with van der Waals surface area (Å²) in [6.45, 7) is 0. The van der Waals surface area contributed by atoms with Crippen LogP contribution >= 0.6 is 12.4 Å². The predicted octanol–water partition coefficient (Wildman–Crippen LogP) is 2.91. The average molecular weight is 241 g/mol. The molecule has 0 fully saturated rings. The van der Waals surface area contributed by atoms with E-state index in [1.165, 1.54) is 24.3 Å². The average Bonchev–Trinajstić information content (AvgIpc) is 2.25. The Morgan fingerprint density at radius 2 is 0.812 bits per heavy atom. The molecule has 0 aliphatic rings. The van der Waals surface area contributed by atoms with Crippen LogP contribution in [-0.2, 0) is 0 Å². The zero-order valence-electron chi connectivity index (χ0n) is 8.45. The van der Waals surface area contributed by atoms with Crippen LogP contribution in [0.3, 0.4) is 0 Å². The van der Waals surface area contributed by atoms with E-state index in [1.54, 1.807) is 24.3 Å². The SMILES string of the molecule is Cl.Oc1ccc(O)cc1.Oc1ccccc1. The van der Waals surface area contributed by atoms with Gasteiger partial charge >= 0.3 is 0 Å². The molecule has 0 unspecified atom stereocenters. The van der Waals surface area contributed by atoms with Crippen molar-refractivity contribution in [2.45, 2.75) is 0 Å². The number of hydrogen-bond acceptors (Lipinski definition) is 3. The number of para-hydroxylation sites is 1. The van der Waals surface area contributed by atoms with Gasteiger partial charge in [-0.15, -0.1) is 12.4 Å². The van der Waals surface area contributed by atoms with Gasteiger partial charge in [0.25, 0.3) is 0 Å². The largest absolute Gasteiger partial charge is 0.508 e. The third kappa shape index (κ3) is 5.78. The van der Waals surface area contributed by atoms with Crippen LogP contribution in [0.2, 0.25) is 0 Å². The maximum atomic E-state index is 8.65. The van der Waals surface area contributed by atoms with Crippen LogP contribution in [-0.4, -0.2) is 15.3 Å². The Morgan fingerprint density at radius 3 is 1.06 bits per heavy atom. The van der Waals surface area contributed by atoms with Gasteiger partial charge in [-0.2, -0.15) is 0 Å². The van der Waals surface area contributed by atoms with Gasteiger partial charge in [-0.1, -0.05) is 18.2 Å². The number of rotatable bonds is 0. The van der Waals surface area contributed by atoms with E-state index in [9.17, 15) is 0 Å². The molecule has 4 heteroatoms. The highest BCUT2D eigenvalue weighted by Gasteiger charge is 1.84. The van der Waals surface area contributed by atoms with E-state index in [-0.39, 0.29) is 23.9 Å². The lowest BCUT2D eigenvalue weighted by molar-refractivity contribution is 0.460. The predicted molar refractivity (Wildman–Crippen MR) is 65.1 cm³/mol. The highest BCUT2D eigenvalue weighted by molar-refractivity contribution is 5.85. The fourth-order valence-corrected chi connectivity index (χ4v) is 0.881. The maximum Gasteiger partial charge on any atom is 0.115 e. The van der Waals surface area contributed by atoms with Crippen molar-refractivity contribution >= 4 is 12.4 Å². The summed E-state index contributed by atoms with van der Waals surface area (Å²) in [5.41, 5.74) is 0. The molecule has 0 aliphatic heterocycles. The molecule has 3 nitrogen and oxygen atoms in total. The van der Waals surface area contributed by atoms with Crippen molar-refractivity contribution in [1.82, 2.24) is 0 Å². The molecule has 0 aliphatic carbocycles. The molecule has 2 aromatic carbocycles. The lowest BCUT2D eigenvalue weighted by Crippen LogP contribution is -1.61. The number of benzene rings is 2. The molecule has 0 saturated heterocycles. The molecule has 0 amide bonds. The van der Waals surface area contributed by atoms with Gasteiger partial charge in [0, 0.05) is 0 Å². The molecule has 86 valence electrons. The lowest BCUT2D eigenvalue weighted by atomic mass is 10.3. The van der Waals surface area contributed by atoms with Gasteiger partial charge in [0.05, 0.1) is 0 Å². The topological polar surface area (TPSA) is 60.7 Å². The third-order valence-corrected chi connectivity index (χ3v) is 1.61. The monoisotopic (exact) mass is 240 g/mol. The third-order valence-electron chi connectivity index (χ3n) is 1.61. The molecular formula is C12H13ClO3. The summed E-state index contributed by atoms with van der Waals surface area (Å²) in [6.07, 6.45) is 0. The number of aromatic hydroxyl groups is 3. The first-order chi connectivity index (χ1) is 7.18. The molecule has 0 atom stereocenters. The van der Waals surface area contributed by atoms with Crippen LogP contribution in [0.15, 0.2) is 54.6 Å². The maximum absolute atomic E-state index is 8.65. The molecule has 0 spiro atoms. The molecule has 0 saturated carbocycles. The highest BCUT2D eigenvalue weighted by atomic mass is 35.5. The van der Waals surface area contributed by atoms with Crippen LogP contribution in [0.1, 0.15) is 0 Å². The van der Waals surface area contributed by atoms with Gasteiger partial charge in [0.15, 0.2) is 0 Å². The minimum Gasteiger partial charge on any atom is -0.508 e. The molecule has 0 radical (unpaired) electrons. The first-order valence-corrected chi connectivity index (χ1v) is 4.40. The minimum atomic E-state index is 0. The van der Waals surface area contributed by atoms with Crippen LogP contribution in [0.25, 0.3) is 0 Å². The zero-order valence-corrected chi connectivity index (χ0v) is 9.26. The first kappa shape index (κ1) is 14.1. The van der Waals surface area contributed by atoms with Crippen molar-refractivity contribution in [1.29, 1.82) is 0 Å². The summed E-state index contributed by atoms with van der Waals surface area (Å²) in [5.74, 6) is 0.660. The van der Waals surface area contributed by atoms with Crippen molar-refractivity contribution in [2.24, 2.45) is 0 Å². The molecule has 3 N–H and O–H groups in total. The number of hydrogen-bond donors (Lipinski definition) is 3. The van der Waals surface area contributed by atoms with Crippen molar-refractivity contribution in [3.63, 3.8) is 0 Å². The van der Waals surface area contributed by atoms with Crippen LogP contribution in [0, 0.1) is 0 Å². The molecule has 2 rings (SSSR count). The Kier molecular flexibility index (Phi) is 6.56. The smallest absolute Gasteiger partial charge is 0.115 e. The second-order valence-electron chi connectivity index (χ2n) is 2.85. The van der Waals surface area contributed by atoms with E-state index in [0.717, 1.165) is 0 Å². The van der Waals surface area contributed by atoms with Gasteiger partial charge in [-0.05, 0) is 36.4 Å². The van der Waals surface area contributed by atoms with Gasteiger partial charge in [-0.3, -0.25) is 0 Å². The summed E-state index contributed by atoms with van der Waals surface area (Å²) in [6, 6.07) is 14.4. The quantitative estimate of drug-likeness (QED) is 0.621. The van der Waals surface area contributed by atoms with Gasteiger partial charge in [-0.25, -0.2) is 0 Å². The lowest BCUT2D eigenvalue weighted by Gasteiger charge is -1.88. The van der Waals surface area contributed by atoms with E-state index in [0.29, 0.717) is 5.75 Å². The Labute approximate surface area is 100 Å². The van der Waals surface area contributed by atoms with Gasteiger partial charge < -0.3 is 15.3 Å². The van der Waals surface area contributed by atoms with E-state index in [2.05, 4.69) is 0 Å². The van der Waals surface area contributed by atoms with Crippen LogP contribution in [0.4, 0.5) is 0 Å². The summed E-state index contributed by atoms with van der Waals surface area (Å²) in [7, 11) is 0. The van der Waals surface area contributed by atoms with Crippen LogP contribution < -0.4 is 0 Å². The molecular weight excluding hydrogens is 228 g/mol. The minimum absolute atomic E-state index is 0. The molecule has 2 aromatic rings. The molecule has 16 heavy (non-hydrogen) atoms. The Morgan fingerprint density at radius 1 is 0.500 bits per heavy atom. The van der Waals surface area contributed by atoms with Crippen molar-refractivity contribution in [2.75, 3.05) is 0 Å². The molecule has 0 bridgehead atoms. The zero-order chi connectivity index (χ0) is 11.1. The van der Waals surface area contributed by atoms with Gasteiger partial charge in [0.1, 0.15) is 17.2 Å². The molecule has 0 aromatic heterocycles. The van der Waals surface area contributed by atoms with Crippen molar-refractivity contribution in [3.8, 4) is 17.2 Å². The van der Waals surface area contributed by atoms with Crippen molar-refractivity contribution < 1.29 is 15.3 Å². The second-order valence-corrected chi connectivity index (χ2v) is 2.85. The van der Waals surface area contributed by atoms with Crippen LogP contribution in [0.5, 0.6) is 17.2 Å². The first-order valence-electron chi connectivity index (χ1n) is 4.40. The normalized spacial score (nSPS) is 8.25. The highest BCUT2D eigenvalue weighted by Crippen LogP contribution is 2.13. The van der Waals surface area contributed by atoms with E-state index < -0.39 is 0 Å². The molecule has 0 heterocycles. The summed E-state index contributed by atoms with van der Waals surface area (Å²) < 4.78 is 0. The van der Waals surface area contributed by atoms with E-state index in [1.807, 2.05) is 6.07 Å². The summed E-state index contributed by atoms with van der Waals surface area (Å²) in [4.78, 5) is 0. The fourth-order valence-electron chi connectivity index (χ4n) is 0.881.